The molecule has 0 spiro atoms. The third-order valence-electron chi connectivity index (χ3n) is 5.06. The van der Waals surface area contributed by atoms with Crippen LogP contribution >= 0.6 is 0 Å². The van der Waals surface area contributed by atoms with Crippen LogP contribution in [0.4, 0.5) is 16.2 Å². The largest absolute Gasteiger partial charge is 0.445 e. The molecule has 3 aromatic rings. The van der Waals surface area contributed by atoms with Crippen LogP contribution in [0.2, 0.25) is 0 Å². The first-order valence-corrected chi connectivity index (χ1v) is 10.4. The zero-order valence-electron chi connectivity index (χ0n) is 18.4. The van der Waals surface area contributed by atoms with Crippen LogP contribution in [0.1, 0.15) is 22.3 Å². The Morgan fingerprint density at radius 3 is 2.33 bits per heavy atom. The standard InChI is InChI=1S/C25H25N3O5/c1-17-8-9-18(2)22(14-17)26-24(29)23(15-19-10-12-21(13-11-19)28(31)32)27-25(30)33-16-20-6-4-3-5-7-20/h3-14,23H,15-16H2,1-2H3,(H,26,29)(H,27,30)/t23-/m1/s1. The number of nitro groups is 1. The van der Waals surface area contributed by atoms with Crippen molar-refractivity contribution >= 4 is 23.4 Å². The number of nitrogens with one attached hydrogen (secondary N) is 2. The number of nitrogens with zero attached hydrogens (tertiary/aromatic N) is 1. The Hall–Kier alpha value is -4.20. The van der Waals surface area contributed by atoms with Crippen molar-refractivity contribution in [3.05, 3.63) is 105 Å². The van der Waals surface area contributed by atoms with Gasteiger partial charge >= 0.3 is 6.09 Å². The number of rotatable bonds is 8. The summed E-state index contributed by atoms with van der Waals surface area (Å²) in [6.45, 7) is 3.86. The fourth-order valence-electron chi connectivity index (χ4n) is 3.20. The van der Waals surface area contributed by atoms with Gasteiger partial charge in [-0.3, -0.25) is 14.9 Å². The molecule has 0 aliphatic carbocycles. The van der Waals surface area contributed by atoms with E-state index in [4.69, 9.17) is 4.74 Å². The summed E-state index contributed by atoms with van der Waals surface area (Å²) in [5.41, 5.74) is 3.94. The summed E-state index contributed by atoms with van der Waals surface area (Å²) in [4.78, 5) is 35.9. The second-order valence-electron chi connectivity index (χ2n) is 7.69. The SMILES string of the molecule is Cc1ccc(C)c(NC(=O)[C@@H](Cc2ccc([N+](=O)[O-])cc2)NC(=O)OCc2ccccc2)c1. The fraction of sp³-hybridized carbons (Fsp3) is 0.200. The van der Waals surface area contributed by atoms with Crippen LogP contribution in [0.3, 0.4) is 0 Å². The zero-order chi connectivity index (χ0) is 23.8. The van der Waals surface area contributed by atoms with Gasteiger partial charge in [-0.05, 0) is 42.2 Å². The molecule has 0 aliphatic rings. The van der Waals surface area contributed by atoms with Gasteiger partial charge in [0.25, 0.3) is 5.69 Å². The summed E-state index contributed by atoms with van der Waals surface area (Å²) >= 11 is 0. The van der Waals surface area contributed by atoms with Crippen LogP contribution in [0.15, 0.2) is 72.8 Å². The van der Waals surface area contributed by atoms with E-state index in [1.165, 1.54) is 12.1 Å². The highest BCUT2D eigenvalue weighted by Crippen LogP contribution is 2.18. The number of carbonyl (C=O) groups excluding carboxylic acids is 2. The lowest BCUT2D eigenvalue weighted by molar-refractivity contribution is -0.384. The third kappa shape index (κ3) is 6.90. The van der Waals surface area contributed by atoms with Gasteiger partial charge < -0.3 is 15.4 Å². The summed E-state index contributed by atoms with van der Waals surface area (Å²) < 4.78 is 5.27. The first-order chi connectivity index (χ1) is 15.8. The van der Waals surface area contributed by atoms with Crippen molar-refractivity contribution in [1.29, 1.82) is 0 Å². The minimum atomic E-state index is -0.949. The average Bonchev–Trinajstić information content (AvgIpc) is 2.80. The van der Waals surface area contributed by atoms with E-state index in [-0.39, 0.29) is 18.7 Å². The lowest BCUT2D eigenvalue weighted by Gasteiger charge is -2.19. The van der Waals surface area contributed by atoms with Crippen molar-refractivity contribution < 1.29 is 19.2 Å². The number of ether oxygens (including phenoxy) is 1. The summed E-state index contributed by atoms with van der Waals surface area (Å²) in [6, 6.07) is 19.8. The molecule has 0 aliphatic heterocycles. The first-order valence-electron chi connectivity index (χ1n) is 10.4. The smallest absolute Gasteiger partial charge is 0.408 e. The topological polar surface area (TPSA) is 111 Å². The third-order valence-corrected chi connectivity index (χ3v) is 5.06. The molecule has 3 rings (SSSR count). The molecule has 0 saturated heterocycles. The van der Waals surface area contributed by atoms with E-state index in [1.54, 1.807) is 12.1 Å². The molecule has 0 heterocycles. The molecular weight excluding hydrogens is 422 g/mol. The Balaban J connectivity index is 1.74. The van der Waals surface area contributed by atoms with E-state index in [0.717, 1.165) is 16.7 Å². The van der Waals surface area contributed by atoms with Gasteiger partial charge in [-0.2, -0.15) is 0 Å². The minimum absolute atomic E-state index is 0.0506. The van der Waals surface area contributed by atoms with Gasteiger partial charge in [0.1, 0.15) is 12.6 Å². The second kappa shape index (κ2) is 10.9. The molecule has 1 atom stereocenters. The molecule has 3 aromatic carbocycles. The molecule has 0 bridgehead atoms. The summed E-state index contributed by atoms with van der Waals surface area (Å²) in [5.74, 6) is -0.418. The van der Waals surface area contributed by atoms with Gasteiger partial charge in [0, 0.05) is 24.2 Å². The maximum absolute atomic E-state index is 13.1. The van der Waals surface area contributed by atoms with Crippen molar-refractivity contribution in [1.82, 2.24) is 5.32 Å². The van der Waals surface area contributed by atoms with E-state index in [1.807, 2.05) is 62.4 Å². The summed E-state index contributed by atoms with van der Waals surface area (Å²) in [7, 11) is 0. The number of aryl methyl sites for hydroxylation is 2. The first kappa shape index (κ1) is 23.5. The van der Waals surface area contributed by atoms with Gasteiger partial charge in [-0.1, -0.05) is 54.6 Å². The molecule has 8 heteroatoms. The maximum atomic E-state index is 13.1. The Labute approximate surface area is 191 Å². The number of carbonyl (C=O) groups is 2. The highest BCUT2D eigenvalue weighted by atomic mass is 16.6. The minimum Gasteiger partial charge on any atom is -0.445 e. The predicted molar refractivity (Wildman–Crippen MR) is 125 cm³/mol. The molecular formula is C25H25N3O5. The average molecular weight is 447 g/mol. The van der Waals surface area contributed by atoms with Gasteiger partial charge in [-0.15, -0.1) is 0 Å². The van der Waals surface area contributed by atoms with E-state index >= 15 is 0 Å². The van der Waals surface area contributed by atoms with E-state index in [9.17, 15) is 19.7 Å². The summed E-state index contributed by atoms with van der Waals surface area (Å²) in [5, 5.41) is 16.4. The molecule has 2 amide bonds. The Bertz CT molecular complexity index is 1130. The Morgan fingerprint density at radius 2 is 1.67 bits per heavy atom. The monoisotopic (exact) mass is 447 g/mol. The fourth-order valence-corrected chi connectivity index (χ4v) is 3.20. The molecule has 8 nitrogen and oxygen atoms in total. The Kier molecular flexibility index (Phi) is 7.75. The number of anilines is 1. The van der Waals surface area contributed by atoms with Gasteiger partial charge in [0.2, 0.25) is 5.91 Å². The molecule has 0 saturated carbocycles. The van der Waals surface area contributed by atoms with Gasteiger partial charge in [0.15, 0.2) is 0 Å². The molecule has 2 N–H and O–H groups in total. The normalized spacial score (nSPS) is 11.3. The van der Waals surface area contributed by atoms with Crippen LogP contribution in [0, 0.1) is 24.0 Å². The molecule has 0 fully saturated rings. The summed E-state index contributed by atoms with van der Waals surface area (Å²) in [6.07, 6.45) is -0.600. The quantitative estimate of drug-likeness (QED) is 0.385. The lowest BCUT2D eigenvalue weighted by atomic mass is 10.0. The molecule has 0 aromatic heterocycles. The van der Waals surface area contributed by atoms with Crippen molar-refractivity contribution in [2.75, 3.05) is 5.32 Å². The molecule has 33 heavy (non-hydrogen) atoms. The van der Waals surface area contributed by atoms with Crippen LogP contribution in [0.25, 0.3) is 0 Å². The van der Waals surface area contributed by atoms with E-state index in [2.05, 4.69) is 10.6 Å². The highest BCUT2D eigenvalue weighted by Gasteiger charge is 2.23. The molecule has 0 unspecified atom stereocenters. The predicted octanol–water partition coefficient (Wildman–Crippen LogP) is 4.69. The number of benzene rings is 3. The van der Waals surface area contributed by atoms with Crippen molar-refractivity contribution in [2.45, 2.75) is 32.9 Å². The zero-order valence-corrected chi connectivity index (χ0v) is 18.4. The highest BCUT2D eigenvalue weighted by molar-refractivity contribution is 5.97. The maximum Gasteiger partial charge on any atom is 0.408 e. The van der Waals surface area contributed by atoms with Crippen LogP contribution < -0.4 is 10.6 Å². The lowest BCUT2D eigenvalue weighted by Crippen LogP contribution is -2.45. The van der Waals surface area contributed by atoms with Gasteiger partial charge in [0.05, 0.1) is 4.92 Å². The Morgan fingerprint density at radius 1 is 0.970 bits per heavy atom. The van der Waals surface area contributed by atoms with Crippen molar-refractivity contribution in [2.24, 2.45) is 0 Å². The number of hydrogen-bond donors (Lipinski definition) is 2. The number of hydrogen-bond acceptors (Lipinski definition) is 5. The van der Waals surface area contributed by atoms with Crippen molar-refractivity contribution in [3.63, 3.8) is 0 Å². The van der Waals surface area contributed by atoms with E-state index in [0.29, 0.717) is 11.3 Å². The van der Waals surface area contributed by atoms with Crippen LogP contribution in [-0.4, -0.2) is 23.0 Å². The van der Waals surface area contributed by atoms with E-state index < -0.39 is 23.0 Å². The number of amides is 2. The molecule has 170 valence electrons. The molecule has 0 radical (unpaired) electrons. The number of nitro benzene ring substituents is 1. The van der Waals surface area contributed by atoms with Crippen LogP contribution in [0.5, 0.6) is 0 Å². The second-order valence-corrected chi connectivity index (χ2v) is 7.69. The van der Waals surface area contributed by atoms with Crippen molar-refractivity contribution in [3.8, 4) is 0 Å². The number of alkyl carbamates (subject to hydrolysis) is 1. The number of non-ortho nitro benzene ring substituents is 1. The van der Waals surface area contributed by atoms with Gasteiger partial charge in [-0.25, -0.2) is 4.79 Å². The van der Waals surface area contributed by atoms with Crippen LogP contribution in [-0.2, 0) is 22.6 Å².